The molecule has 2 nitrogen and oxygen atoms in total. The number of unbranched alkanes of at least 4 members (excludes halogenated alkanes) is 2. The van der Waals surface area contributed by atoms with Crippen LogP contribution in [0.25, 0.3) is 0 Å². The fraction of sp³-hybridized carbons (Fsp3) is 0.923. The zero-order chi connectivity index (χ0) is 12.6. The molecule has 0 spiro atoms. The fourth-order valence-corrected chi connectivity index (χ4v) is 2.72. The van der Waals surface area contributed by atoms with Gasteiger partial charge in [0.05, 0.1) is 0 Å². The van der Waals surface area contributed by atoms with Crippen LogP contribution in [0.1, 0.15) is 59.8 Å². The minimum absolute atomic E-state index is 0.187. The Labute approximate surface area is 109 Å². The second kappa shape index (κ2) is 8.10. The first-order valence-electron chi connectivity index (χ1n) is 6.26. The lowest BCUT2D eigenvalue weighted by atomic mass is 9.90. The van der Waals surface area contributed by atoms with Crippen LogP contribution in [0.3, 0.4) is 0 Å². The number of carbonyl (C=O) groups is 1. The molecule has 0 aliphatic heterocycles. The summed E-state index contributed by atoms with van der Waals surface area (Å²) in [7, 11) is 0. The van der Waals surface area contributed by atoms with Gasteiger partial charge in [0.25, 0.3) is 0 Å². The maximum Gasteiger partial charge on any atom is 0.220 e. The van der Waals surface area contributed by atoms with Crippen molar-refractivity contribution in [1.82, 2.24) is 5.32 Å². The number of carbonyl (C=O) groups excluding carboxylic acids is 1. The molecular weight excluding hydrogens is 266 g/mol. The topological polar surface area (TPSA) is 29.1 Å². The molecular formula is C13H26BrNO. The molecule has 1 atom stereocenters. The number of nitrogens with one attached hydrogen (secondary N) is 1. The molecule has 0 aromatic carbocycles. The van der Waals surface area contributed by atoms with Gasteiger partial charge in [0.2, 0.25) is 5.91 Å². The van der Waals surface area contributed by atoms with Crippen LogP contribution in [0, 0.1) is 5.41 Å². The Kier molecular flexibility index (Phi) is 8.08. The molecule has 16 heavy (non-hydrogen) atoms. The van der Waals surface area contributed by atoms with E-state index in [1.807, 2.05) is 0 Å². The van der Waals surface area contributed by atoms with Crippen LogP contribution >= 0.6 is 15.9 Å². The minimum Gasteiger partial charge on any atom is -0.355 e. The van der Waals surface area contributed by atoms with Gasteiger partial charge in [-0.2, -0.15) is 0 Å². The summed E-state index contributed by atoms with van der Waals surface area (Å²) in [6.07, 6.45) is 5.06. The molecule has 0 fully saturated rings. The summed E-state index contributed by atoms with van der Waals surface area (Å²) in [6, 6.07) is 0. The molecule has 0 aliphatic carbocycles. The molecule has 0 bridgehead atoms. The van der Waals surface area contributed by atoms with Gasteiger partial charge in [0.15, 0.2) is 0 Å². The second-order valence-corrected chi connectivity index (χ2v) is 6.92. The summed E-state index contributed by atoms with van der Waals surface area (Å²) in [5.41, 5.74) is 0.307. The Hall–Kier alpha value is -0.0500. The summed E-state index contributed by atoms with van der Waals surface area (Å²) >= 11 is 3.61. The molecule has 1 N–H and O–H groups in total. The van der Waals surface area contributed by atoms with Gasteiger partial charge in [0, 0.05) is 17.8 Å². The first-order chi connectivity index (χ1) is 7.35. The van der Waals surface area contributed by atoms with E-state index in [1.165, 1.54) is 6.42 Å². The van der Waals surface area contributed by atoms with Crippen molar-refractivity contribution in [2.45, 2.75) is 64.6 Å². The molecule has 0 aromatic heterocycles. The standard InChI is InChI=1S/C13H26BrNO/c1-5-6-7-8-12(16)15-10-11(14)9-13(2,3)4/h11H,5-10H2,1-4H3,(H,15,16). The molecule has 0 aromatic rings. The Morgan fingerprint density at radius 1 is 1.31 bits per heavy atom. The minimum atomic E-state index is 0.187. The summed E-state index contributed by atoms with van der Waals surface area (Å²) in [6.45, 7) is 9.52. The fourth-order valence-electron chi connectivity index (χ4n) is 1.59. The smallest absolute Gasteiger partial charge is 0.220 e. The van der Waals surface area contributed by atoms with Gasteiger partial charge in [-0.25, -0.2) is 0 Å². The molecule has 0 rings (SSSR count). The summed E-state index contributed by atoms with van der Waals surface area (Å²) in [5.74, 6) is 0.187. The van der Waals surface area contributed by atoms with Crippen LogP contribution in [-0.4, -0.2) is 17.3 Å². The SMILES string of the molecule is CCCCCC(=O)NCC(Br)CC(C)(C)C. The van der Waals surface area contributed by atoms with Crippen molar-refractivity contribution < 1.29 is 4.79 Å². The third-order valence-corrected chi connectivity index (χ3v) is 3.01. The lowest BCUT2D eigenvalue weighted by Crippen LogP contribution is -2.31. The van der Waals surface area contributed by atoms with E-state index in [0.29, 0.717) is 16.7 Å². The number of alkyl halides is 1. The number of hydrogen-bond acceptors (Lipinski definition) is 1. The van der Waals surface area contributed by atoms with Crippen molar-refractivity contribution in [3.05, 3.63) is 0 Å². The van der Waals surface area contributed by atoms with Crippen molar-refractivity contribution in [2.24, 2.45) is 5.41 Å². The van der Waals surface area contributed by atoms with Gasteiger partial charge in [-0.15, -0.1) is 0 Å². The van der Waals surface area contributed by atoms with E-state index in [9.17, 15) is 4.79 Å². The molecule has 1 amide bonds. The Balaban J connectivity index is 3.59. The quantitative estimate of drug-likeness (QED) is 0.560. The van der Waals surface area contributed by atoms with Crippen LogP contribution in [0.4, 0.5) is 0 Å². The average Bonchev–Trinajstić information content (AvgIpc) is 2.12. The molecule has 0 radical (unpaired) electrons. The van der Waals surface area contributed by atoms with E-state index in [-0.39, 0.29) is 5.91 Å². The van der Waals surface area contributed by atoms with E-state index in [4.69, 9.17) is 0 Å². The first kappa shape index (κ1) is 16.0. The second-order valence-electron chi connectivity index (χ2n) is 5.62. The summed E-state index contributed by atoms with van der Waals surface area (Å²) < 4.78 is 0. The van der Waals surface area contributed by atoms with Gasteiger partial charge in [-0.1, -0.05) is 56.5 Å². The Bertz CT molecular complexity index is 199. The third-order valence-electron chi connectivity index (χ3n) is 2.36. The number of halogens is 1. The highest BCUT2D eigenvalue weighted by atomic mass is 79.9. The highest BCUT2D eigenvalue weighted by Gasteiger charge is 2.16. The van der Waals surface area contributed by atoms with Crippen LogP contribution in [-0.2, 0) is 4.79 Å². The van der Waals surface area contributed by atoms with Crippen molar-refractivity contribution in [1.29, 1.82) is 0 Å². The molecule has 3 heteroatoms. The predicted molar refractivity (Wildman–Crippen MR) is 73.9 cm³/mol. The van der Waals surface area contributed by atoms with Crippen molar-refractivity contribution in [3.8, 4) is 0 Å². The van der Waals surface area contributed by atoms with Gasteiger partial charge < -0.3 is 5.32 Å². The van der Waals surface area contributed by atoms with E-state index in [1.54, 1.807) is 0 Å². The predicted octanol–water partition coefficient (Wildman–Crippen LogP) is 3.88. The summed E-state index contributed by atoms with van der Waals surface area (Å²) in [4.78, 5) is 11.8. The summed E-state index contributed by atoms with van der Waals surface area (Å²) in [5, 5.41) is 2.98. The van der Waals surface area contributed by atoms with Crippen LogP contribution in [0.2, 0.25) is 0 Å². The largest absolute Gasteiger partial charge is 0.355 e. The monoisotopic (exact) mass is 291 g/mol. The van der Waals surface area contributed by atoms with Crippen LogP contribution in [0.5, 0.6) is 0 Å². The van der Waals surface area contributed by atoms with E-state index in [2.05, 4.69) is 48.9 Å². The zero-order valence-electron chi connectivity index (χ0n) is 11.1. The lowest BCUT2D eigenvalue weighted by Gasteiger charge is -2.22. The molecule has 0 saturated carbocycles. The number of amides is 1. The van der Waals surface area contributed by atoms with Crippen molar-refractivity contribution >= 4 is 21.8 Å². The lowest BCUT2D eigenvalue weighted by molar-refractivity contribution is -0.121. The highest BCUT2D eigenvalue weighted by molar-refractivity contribution is 9.09. The van der Waals surface area contributed by atoms with Crippen molar-refractivity contribution in [3.63, 3.8) is 0 Å². The molecule has 0 heterocycles. The first-order valence-corrected chi connectivity index (χ1v) is 7.17. The normalized spacial score (nSPS) is 13.6. The van der Waals surface area contributed by atoms with Gasteiger partial charge >= 0.3 is 0 Å². The molecule has 96 valence electrons. The third kappa shape index (κ3) is 10.5. The van der Waals surface area contributed by atoms with Gasteiger partial charge in [0.1, 0.15) is 0 Å². The average molecular weight is 292 g/mol. The number of rotatable bonds is 7. The van der Waals surface area contributed by atoms with E-state index in [0.717, 1.165) is 25.8 Å². The zero-order valence-corrected chi connectivity index (χ0v) is 12.7. The molecule has 0 saturated heterocycles. The molecule has 1 unspecified atom stereocenters. The van der Waals surface area contributed by atoms with Gasteiger partial charge in [-0.05, 0) is 18.3 Å². The van der Waals surface area contributed by atoms with Gasteiger partial charge in [-0.3, -0.25) is 4.79 Å². The molecule has 0 aliphatic rings. The Morgan fingerprint density at radius 3 is 2.44 bits per heavy atom. The van der Waals surface area contributed by atoms with Crippen LogP contribution in [0.15, 0.2) is 0 Å². The van der Waals surface area contributed by atoms with Crippen LogP contribution < -0.4 is 5.32 Å². The van der Waals surface area contributed by atoms with Crippen molar-refractivity contribution in [2.75, 3.05) is 6.54 Å². The highest BCUT2D eigenvalue weighted by Crippen LogP contribution is 2.24. The Morgan fingerprint density at radius 2 is 1.94 bits per heavy atom. The maximum atomic E-state index is 11.5. The van der Waals surface area contributed by atoms with E-state index >= 15 is 0 Å². The van der Waals surface area contributed by atoms with E-state index < -0.39 is 0 Å². The maximum absolute atomic E-state index is 11.5. The number of hydrogen-bond donors (Lipinski definition) is 1.